The molecule has 0 saturated heterocycles. The van der Waals surface area contributed by atoms with Gasteiger partial charge in [-0.3, -0.25) is 4.79 Å². The largest absolute Gasteiger partial charge is 0.527 e. The maximum absolute atomic E-state index is 13.9. The molecule has 0 spiro atoms. The van der Waals surface area contributed by atoms with Crippen LogP contribution in [0, 0.1) is 0 Å². The summed E-state index contributed by atoms with van der Waals surface area (Å²) in [6, 6.07) is 4.99. The molecule has 0 unspecified atom stereocenters. The molecule has 0 fully saturated rings. The molecule has 1 atom stereocenters. The molecule has 1 aliphatic rings. The summed E-state index contributed by atoms with van der Waals surface area (Å²) < 4.78 is 67.1. The van der Waals surface area contributed by atoms with Crippen molar-refractivity contribution in [1.29, 1.82) is 0 Å². The third-order valence-electron chi connectivity index (χ3n) is 3.10. The standard InChI is InChI=1S/C13H10ClF5N2O3/c1-7-6-11(23,12(15,16)24-13(17,18)19)21(20-7)10(22)8-3-2-4-9(14)5-8/h2-5,23H,6H2,1H3/t11-/m1/s1. The quantitative estimate of drug-likeness (QED) is 0.827. The second kappa shape index (κ2) is 5.94. The lowest BCUT2D eigenvalue weighted by Crippen LogP contribution is -2.61. The van der Waals surface area contributed by atoms with Crippen LogP contribution in [0.15, 0.2) is 29.4 Å². The number of hydrazone groups is 1. The zero-order valence-corrected chi connectivity index (χ0v) is 12.7. The van der Waals surface area contributed by atoms with Crippen LogP contribution < -0.4 is 0 Å². The molecule has 1 heterocycles. The third-order valence-corrected chi connectivity index (χ3v) is 3.33. The molecule has 132 valence electrons. The average molecular weight is 373 g/mol. The van der Waals surface area contributed by atoms with Crippen LogP contribution >= 0.6 is 11.6 Å². The number of nitrogens with zero attached hydrogens (tertiary/aromatic N) is 2. The van der Waals surface area contributed by atoms with Gasteiger partial charge in [0, 0.05) is 22.7 Å². The minimum Gasteiger partial charge on any atom is -0.362 e. The van der Waals surface area contributed by atoms with Gasteiger partial charge in [-0.05, 0) is 25.1 Å². The number of benzene rings is 1. The lowest BCUT2D eigenvalue weighted by Gasteiger charge is -2.36. The van der Waals surface area contributed by atoms with E-state index in [9.17, 15) is 31.9 Å². The number of ether oxygens (including phenoxy) is 1. The Hall–Kier alpha value is -1.78. The summed E-state index contributed by atoms with van der Waals surface area (Å²) in [5, 5.41) is 13.5. The van der Waals surface area contributed by atoms with Crippen molar-refractivity contribution < 1.29 is 36.6 Å². The molecular formula is C13H10ClF5N2O3. The Morgan fingerprint density at radius 3 is 2.54 bits per heavy atom. The lowest BCUT2D eigenvalue weighted by atomic mass is 10.1. The normalized spacial score (nSPS) is 21.8. The van der Waals surface area contributed by atoms with E-state index in [4.69, 9.17) is 11.6 Å². The monoisotopic (exact) mass is 372 g/mol. The molecule has 24 heavy (non-hydrogen) atoms. The lowest BCUT2D eigenvalue weighted by molar-refractivity contribution is -0.468. The molecule has 0 aromatic heterocycles. The van der Waals surface area contributed by atoms with Crippen LogP contribution in [0.25, 0.3) is 0 Å². The highest BCUT2D eigenvalue weighted by Gasteiger charge is 2.66. The van der Waals surface area contributed by atoms with Gasteiger partial charge in [-0.2, -0.15) is 18.9 Å². The fourth-order valence-corrected chi connectivity index (χ4v) is 2.32. The van der Waals surface area contributed by atoms with Gasteiger partial charge < -0.3 is 5.11 Å². The van der Waals surface area contributed by atoms with Crippen molar-refractivity contribution in [3.05, 3.63) is 34.9 Å². The average Bonchev–Trinajstić information content (AvgIpc) is 2.72. The summed E-state index contributed by atoms with van der Waals surface area (Å²) in [6.45, 7) is 1.17. The summed E-state index contributed by atoms with van der Waals surface area (Å²) in [4.78, 5) is 12.3. The first kappa shape index (κ1) is 18.6. The Morgan fingerprint density at radius 2 is 2.00 bits per heavy atom. The number of rotatable bonds is 3. The predicted octanol–water partition coefficient (Wildman–Crippen LogP) is 3.38. The number of amides is 1. The Labute approximate surface area is 137 Å². The number of hydrogen-bond acceptors (Lipinski definition) is 4. The van der Waals surface area contributed by atoms with Gasteiger partial charge in [0.15, 0.2) is 0 Å². The Kier molecular flexibility index (Phi) is 4.59. The van der Waals surface area contributed by atoms with Crippen LogP contribution in [0.5, 0.6) is 0 Å². The number of hydrogen-bond donors (Lipinski definition) is 1. The molecule has 1 aliphatic heterocycles. The van der Waals surface area contributed by atoms with Crippen LogP contribution in [0.4, 0.5) is 22.0 Å². The van der Waals surface area contributed by atoms with Gasteiger partial charge in [0.05, 0.1) is 0 Å². The number of carbonyl (C=O) groups is 1. The first-order valence-electron chi connectivity index (χ1n) is 6.37. The summed E-state index contributed by atoms with van der Waals surface area (Å²) >= 11 is 5.68. The summed E-state index contributed by atoms with van der Waals surface area (Å²) in [7, 11) is 0. The van der Waals surface area contributed by atoms with Crippen LogP contribution in [-0.4, -0.2) is 39.9 Å². The van der Waals surface area contributed by atoms with Crippen molar-refractivity contribution in [3.8, 4) is 0 Å². The zero-order valence-electron chi connectivity index (χ0n) is 11.9. The van der Waals surface area contributed by atoms with Gasteiger partial charge in [-0.1, -0.05) is 17.7 Å². The van der Waals surface area contributed by atoms with E-state index >= 15 is 0 Å². The molecule has 1 N–H and O–H groups in total. The maximum Gasteiger partial charge on any atom is 0.527 e. The van der Waals surface area contributed by atoms with Gasteiger partial charge in [-0.25, -0.2) is 4.74 Å². The molecule has 1 amide bonds. The zero-order chi connectivity index (χ0) is 18.3. The van der Waals surface area contributed by atoms with E-state index < -0.39 is 30.5 Å². The molecule has 0 radical (unpaired) electrons. The second-order valence-corrected chi connectivity index (χ2v) is 5.46. The van der Waals surface area contributed by atoms with E-state index in [1.54, 1.807) is 0 Å². The second-order valence-electron chi connectivity index (χ2n) is 5.02. The molecule has 0 aliphatic carbocycles. The van der Waals surface area contributed by atoms with Gasteiger partial charge in [0.25, 0.3) is 11.6 Å². The van der Waals surface area contributed by atoms with E-state index in [0.29, 0.717) is 0 Å². The van der Waals surface area contributed by atoms with E-state index in [-0.39, 0.29) is 21.3 Å². The molecule has 2 rings (SSSR count). The van der Waals surface area contributed by atoms with Crippen molar-refractivity contribution in [1.82, 2.24) is 5.01 Å². The molecular weight excluding hydrogens is 363 g/mol. The fourth-order valence-electron chi connectivity index (χ4n) is 2.13. The topological polar surface area (TPSA) is 62.1 Å². The Balaban J connectivity index is 2.41. The first-order chi connectivity index (χ1) is 10.9. The summed E-state index contributed by atoms with van der Waals surface area (Å²) in [6.07, 6.45) is -11.9. The highest BCUT2D eigenvalue weighted by atomic mass is 35.5. The van der Waals surface area contributed by atoms with Crippen molar-refractivity contribution >= 4 is 23.2 Å². The van der Waals surface area contributed by atoms with Crippen LogP contribution in [-0.2, 0) is 4.74 Å². The fraction of sp³-hybridized carbons (Fsp3) is 0.385. The van der Waals surface area contributed by atoms with E-state index in [2.05, 4.69) is 9.84 Å². The third kappa shape index (κ3) is 3.50. The van der Waals surface area contributed by atoms with Gasteiger partial charge in [0.2, 0.25) is 0 Å². The summed E-state index contributed by atoms with van der Waals surface area (Å²) in [5.74, 6) is -1.26. The van der Waals surface area contributed by atoms with E-state index in [1.807, 2.05) is 0 Å². The Bertz CT molecular complexity index is 694. The van der Waals surface area contributed by atoms with Gasteiger partial charge in [0.1, 0.15) is 0 Å². The van der Waals surface area contributed by atoms with Gasteiger partial charge in [-0.15, -0.1) is 13.2 Å². The van der Waals surface area contributed by atoms with Crippen molar-refractivity contribution in [2.45, 2.75) is 31.5 Å². The number of halogens is 6. The molecule has 0 saturated carbocycles. The SMILES string of the molecule is CC1=NN(C(=O)c2cccc(Cl)c2)[C@](O)(C(F)(F)OC(F)(F)F)C1. The molecule has 1 aromatic rings. The Morgan fingerprint density at radius 1 is 1.38 bits per heavy atom. The van der Waals surface area contributed by atoms with Gasteiger partial charge >= 0.3 is 12.5 Å². The highest BCUT2D eigenvalue weighted by molar-refractivity contribution is 6.31. The van der Waals surface area contributed by atoms with Crippen LogP contribution in [0.3, 0.4) is 0 Å². The number of alkyl halides is 5. The van der Waals surface area contributed by atoms with Crippen molar-refractivity contribution in [3.63, 3.8) is 0 Å². The van der Waals surface area contributed by atoms with Crippen molar-refractivity contribution in [2.24, 2.45) is 5.10 Å². The van der Waals surface area contributed by atoms with Crippen LogP contribution in [0.2, 0.25) is 5.02 Å². The van der Waals surface area contributed by atoms with Crippen LogP contribution in [0.1, 0.15) is 23.7 Å². The molecule has 11 heteroatoms. The van der Waals surface area contributed by atoms with Crippen molar-refractivity contribution in [2.75, 3.05) is 0 Å². The smallest absolute Gasteiger partial charge is 0.362 e. The maximum atomic E-state index is 13.9. The number of aliphatic hydroxyl groups is 1. The minimum absolute atomic E-state index is 0.0857. The summed E-state index contributed by atoms with van der Waals surface area (Å²) in [5.41, 5.74) is -4.06. The van der Waals surface area contributed by atoms with E-state index in [1.165, 1.54) is 25.1 Å². The predicted molar refractivity (Wildman–Crippen MR) is 72.4 cm³/mol. The first-order valence-corrected chi connectivity index (χ1v) is 6.75. The molecule has 5 nitrogen and oxygen atoms in total. The number of carbonyl (C=O) groups excluding carboxylic acids is 1. The minimum atomic E-state index is -5.74. The highest BCUT2D eigenvalue weighted by Crippen LogP contribution is 2.43. The van der Waals surface area contributed by atoms with E-state index in [0.717, 1.165) is 6.07 Å². The molecule has 1 aromatic carbocycles. The molecule has 0 bridgehead atoms.